The first kappa shape index (κ1) is 33.0. The molecule has 8 nitrogen and oxygen atoms in total. The molecule has 1 aliphatic heterocycles. The third kappa shape index (κ3) is 7.55. The molecule has 0 radical (unpaired) electrons. The van der Waals surface area contributed by atoms with Gasteiger partial charge in [0.25, 0.3) is 5.91 Å². The van der Waals surface area contributed by atoms with Gasteiger partial charge in [0, 0.05) is 36.1 Å². The minimum Gasteiger partial charge on any atom is -0.449 e. The first-order valence-electron chi connectivity index (χ1n) is 15.8. The van der Waals surface area contributed by atoms with Crippen LogP contribution in [-0.2, 0) is 16.0 Å². The number of para-hydroxylation sites is 1. The van der Waals surface area contributed by atoms with Gasteiger partial charge in [0.1, 0.15) is 6.04 Å². The van der Waals surface area contributed by atoms with Crippen LogP contribution in [0.3, 0.4) is 0 Å². The van der Waals surface area contributed by atoms with E-state index < -0.39 is 22.8 Å². The van der Waals surface area contributed by atoms with Crippen LogP contribution >= 0.6 is 23.2 Å². The van der Waals surface area contributed by atoms with Crippen LogP contribution in [0.1, 0.15) is 81.8 Å². The van der Waals surface area contributed by atoms with Crippen LogP contribution in [0.4, 0.5) is 0 Å². The number of hydrogen-bond donors (Lipinski definition) is 2. The molecule has 1 atom stereocenters. The van der Waals surface area contributed by atoms with Gasteiger partial charge in [0.05, 0.1) is 15.8 Å². The zero-order valence-corrected chi connectivity index (χ0v) is 27.6. The highest BCUT2D eigenvalue weighted by atomic mass is 35.5. The SMILES string of the molecule is CC(C)(C)NC(=O)C1(C2CCCCC2)CCN(C(=O)[C@@H](Cc2ccc(Cl)cc2)NC(=O)c2cc(=O)c3cccc(Cl)c3o2)CC1. The molecule has 2 heterocycles. The number of nitrogens with one attached hydrogen (secondary N) is 2. The predicted octanol–water partition coefficient (Wildman–Crippen LogP) is 6.54. The molecule has 1 saturated heterocycles. The van der Waals surface area contributed by atoms with E-state index >= 15 is 0 Å². The zero-order valence-electron chi connectivity index (χ0n) is 26.1. The van der Waals surface area contributed by atoms with Gasteiger partial charge in [-0.15, -0.1) is 0 Å². The molecular formula is C35H41Cl2N3O5. The van der Waals surface area contributed by atoms with E-state index in [4.69, 9.17) is 27.6 Å². The van der Waals surface area contributed by atoms with Gasteiger partial charge < -0.3 is 20.0 Å². The fourth-order valence-electron chi connectivity index (χ4n) is 6.83. The Labute approximate surface area is 273 Å². The van der Waals surface area contributed by atoms with Crippen molar-refractivity contribution in [2.45, 2.75) is 83.7 Å². The number of carbonyl (C=O) groups excluding carboxylic acids is 3. The summed E-state index contributed by atoms with van der Waals surface area (Å²) in [6.45, 7) is 6.79. The molecule has 2 aromatic carbocycles. The normalized spacial score (nSPS) is 17.9. The Morgan fingerprint density at radius 2 is 1.67 bits per heavy atom. The molecule has 10 heteroatoms. The van der Waals surface area contributed by atoms with Crippen LogP contribution in [0.2, 0.25) is 10.0 Å². The monoisotopic (exact) mass is 653 g/mol. The van der Waals surface area contributed by atoms with Crippen molar-refractivity contribution in [2.24, 2.45) is 11.3 Å². The number of piperidine rings is 1. The number of likely N-dealkylation sites (tertiary alicyclic amines) is 1. The number of halogens is 2. The first-order chi connectivity index (χ1) is 21.4. The molecule has 240 valence electrons. The summed E-state index contributed by atoms with van der Waals surface area (Å²) in [7, 11) is 0. The smallest absolute Gasteiger partial charge is 0.287 e. The summed E-state index contributed by atoms with van der Waals surface area (Å²) in [6.07, 6.45) is 6.77. The molecule has 2 fully saturated rings. The maximum Gasteiger partial charge on any atom is 0.287 e. The lowest BCUT2D eigenvalue weighted by Gasteiger charge is -2.48. The maximum absolute atomic E-state index is 14.1. The van der Waals surface area contributed by atoms with Crippen LogP contribution in [0.5, 0.6) is 0 Å². The number of carbonyl (C=O) groups is 3. The topological polar surface area (TPSA) is 109 Å². The Kier molecular flexibility index (Phi) is 9.94. The second-order valence-electron chi connectivity index (χ2n) is 13.5. The Hall–Kier alpha value is -3.36. The molecule has 1 aromatic heterocycles. The molecule has 3 aromatic rings. The van der Waals surface area contributed by atoms with E-state index in [9.17, 15) is 19.2 Å². The number of hydrogen-bond acceptors (Lipinski definition) is 5. The minimum atomic E-state index is -0.948. The van der Waals surface area contributed by atoms with Crippen LogP contribution in [-0.4, -0.2) is 47.3 Å². The third-order valence-corrected chi connectivity index (χ3v) is 9.73. The van der Waals surface area contributed by atoms with Gasteiger partial charge in [0.15, 0.2) is 16.8 Å². The van der Waals surface area contributed by atoms with Crippen molar-refractivity contribution in [3.63, 3.8) is 0 Å². The number of amides is 3. The lowest BCUT2D eigenvalue weighted by molar-refractivity contribution is -0.147. The number of nitrogens with zero attached hydrogens (tertiary/aromatic N) is 1. The maximum atomic E-state index is 14.1. The van der Waals surface area contributed by atoms with Crippen molar-refractivity contribution in [3.8, 4) is 0 Å². The Balaban J connectivity index is 1.39. The number of fused-ring (bicyclic) bond motifs is 1. The fourth-order valence-corrected chi connectivity index (χ4v) is 7.17. The molecular weight excluding hydrogens is 613 g/mol. The van der Waals surface area contributed by atoms with Crippen molar-refractivity contribution in [3.05, 3.63) is 80.1 Å². The minimum absolute atomic E-state index is 0.0741. The molecule has 3 amide bonds. The molecule has 5 rings (SSSR count). The standard InChI is InChI=1S/C35H41Cl2N3O5/c1-34(2,3)39-33(44)35(23-8-5-4-6-9-23)16-18-40(19-17-35)32(43)27(20-22-12-14-24(36)15-13-22)38-31(42)29-21-28(41)25-10-7-11-26(37)30(25)45-29/h7,10-15,21,23,27H,4-6,8-9,16-20H2,1-3H3,(H,38,42)(H,39,44)/t27-/m1/s1. The molecule has 2 N–H and O–H groups in total. The zero-order chi connectivity index (χ0) is 32.4. The second kappa shape index (κ2) is 13.6. The summed E-state index contributed by atoms with van der Waals surface area (Å²) in [5, 5.41) is 7.09. The van der Waals surface area contributed by atoms with Crippen molar-refractivity contribution in [1.29, 1.82) is 0 Å². The molecule has 2 aliphatic rings. The molecule has 1 saturated carbocycles. The van der Waals surface area contributed by atoms with E-state index in [2.05, 4.69) is 10.6 Å². The third-order valence-electron chi connectivity index (χ3n) is 9.18. The van der Waals surface area contributed by atoms with Crippen LogP contribution in [0.15, 0.2) is 57.7 Å². The quantitative estimate of drug-likeness (QED) is 0.301. The molecule has 0 bridgehead atoms. The Morgan fingerprint density at radius 1 is 1.00 bits per heavy atom. The van der Waals surface area contributed by atoms with Crippen LogP contribution < -0.4 is 16.1 Å². The lowest BCUT2D eigenvalue weighted by atomic mass is 9.63. The van der Waals surface area contributed by atoms with E-state index in [1.165, 1.54) is 6.42 Å². The summed E-state index contributed by atoms with van der Waals surface area (Å²) in [6, 6.07) is 12.0. The number of benzene rings is 2. The summed E-state index contributed by atoms with van der Waals surface area (Å²) >= 11 is 12.4. The van der Waals surface area contributed by atoms with Gasteiger partial charge in [-0.2, -0.15) is 0 Å². The van der Waals surface area contributed by atoms with E-state index in [1.54, 1.807) is 35.2 Å². The van der Waals surface area contributed by atoms with E-state index in [1.807, 2.05) is 32.9 Å². The lowest BCUT2D eigenvalue weighted by Crippen LogP contribution is -2.59. The molecule has 45 heavy (non-hydrogen) atoms. The van der Waals surface area contributed by atoms with Crippen molar-refractivity contribution in [1.82, 2.24) is 15.5 Å². The highest BCUT2D eigenvalue weighted by Crippen LogP contribution is 2.46. The highest BCUT2D eigenvalue weighted by molar-refractivity contribution is 6.34. The first-order valence-corrected chi connectivity index (χ1v) is 16.5. The summed E-state index contributed by atoms with van der Waals surface area (Å²) < 4.78 is 5.76. The van der Waals surface area contributed by atoms with Gasteiger partial charge >= 0.3 is 0 Å². The van der Waals surface area contributed by atoms with Gasteiger partial charge in [-0.3, -0.25) is 19.2 Å². The van der Waals surface area contributed by atoms with E-state index in [0.29, 0.717) is 31.0 Å². The van der Waals surface area contributed by atoms with Crippen LogP contribution in [0.25, 0.3) is 11.0 Å². The fraction of sp³-hybridized carbons (Fsp3) is 0.486. The summed E-state index contributed by atoms with van der Waals surface area (Å²) in [4.78, 5) is 56.0. The van der Waals surface area contributed by atoms with Crippen molar-refractivity contribution in [2.75, 3.05) is 13.1 Å². The van der Waals surface area contributed by atoms with E-state index in [0.717, 1.165) is 37.3 Å². The number of rotatable bonds is 7. The predicted molar refractivity (Wildman–Crippen MR) is 177 cm³/mol. The van der Waals surface area contributed by atoms with Crippen molar-refractivity contribution >= 4 is 51.9 Å². The van der Waals surface area contributed by atoms with Gasteiger partial charge in [-0.1, -0.05) is 60.7 Å². The van der Waals surface area contributed by atoms with Crippen LogP contribution in [0, 0.1) is 11.3 Å². The van der Waals surface area contributed by atoms with Gasteiger partial charge in [-0.05, 0) is 82.2 Å². The summed E-state index contributed by atoms with van der Waals surface area (Å²) in [5.74, 6) is -0.835. The molecule has 0 unspecified atom stereocenters. The van der Waals surface area contributed by atoms with E-state index in [-0.39, 0.29) is 51.4 Å². The Bertz CT molecular complexity index is 1610. The van der Waals surface area contributed by atoms with Crippen molar-refractivity contribution < 1.29 is 18.8 Å². The summed E-state index contributed by atoms with van der Waals surface area (Å²) in [5.41, 5.74) is -0.386. The average Bonchev–Trinajstić information content (AvgIpc) is 3.01. The van der Waals surface area contributed by atoms with Gasteiger partial charge in [-0.25, -0.2) is 0 Å². The largest absolute Gasteiger partial charge is 0.449 e. The Morgan fingerprint density at radius 3 is 2.31 bits per heavy atom. The average molecular weight is 655 g/mol. The van der Waals surface area contributed by atoms with Gasteiger partial charge in [0.2, 0.25) is 11.8 Å². The molecule has 1 aliphatic carbocycles. The molecule has 0 spiro atoms. The second-order valence-corrected chi connectivity index (χ2v) is 14.3. The highest BCUT2D eigenvalue weighted by Gasteiger charge is 2.49.